The van der Waals surface area contributed by atoms with E-state index in [0.717, 1.165) is 61.5 Å². The molecule has 0 spiro atoms. The van der Waals surface area contributed by atoms with Gasteiger partial charge in [0.05, 0.1) is 105 Å². The molecule has 0 aromatic carbocycles. The first-order valence-corrected chi connectivity index (χ1v) is 28.8. The van der Waals surface area contributed by atoms with Gasteiger partial charge in [-0.05, 0) is 80.1 Å². The van der Waals surface area contributed by atoms with Crippen molar-refractivity contribution in [2.45, 2.75) is 141 Å². The molecule has 414 valence electrons. The molecule has 2 N–H and O–H groups in total. The molecule has 0 bridgehead atoms. The zero-order chi connectivity index (χ0) is 51.5. The van der Waals surface area contributed by atoms with Crippen molar-refractivity contribution >= 4 is 30.1 Å². The van der Waals surface area contributed by atoms with Gasteiger partial charge in [0, 0.05) is 61.7 Å². The van der Waals surface area contributed by atoms with E-state index < -0.39 is 44.4 Å². The smallest absolute Gasteiger partial charge is 0.330 e. The zero-order valence-corrected chi connectivity index (χ0v) is 46.3. The lowest BCUT2D eigenvalue weighted by molar-refractivity contribution is -0.0503. The van der Waals surface area contributed by atoms with Crippen LogP contribution in [0.25, 0.3) is 0 Å². The van der Waals surface area contributed by atoms with E-state index in [1.54, 1.807) is 13.4 Å². The highest BCUT2D eigenvalue weighted by Gasteiger charge is 2.50. The number of H-pyrrole nitrogens is 1. The number of methoxy groups -OCH3 is 1. The molecule has 2 aliphatic rings. The molecule has 19 nitrogen and oxygen atoms in total. The van der Waals surface area contributed by atoms with Crippen LogP contribution in [0, 0.1) is 0 Å². The molecule has 71 heavy (non-hydrogen) atoms. The highest BCUT2D eigenvalue weighted by molar-refractivity contribution is 8.77. The number of nitrogens with one attached hydrogen (secondary N) is 2. The summed E-state index contributed by atoms with van der Waals surface area (Å²) in [6.45, 7) is 24.3. The number of allylic oxidation sites excluding steroid dienone is 1. The largest absolute Gasteiger partial charge is 0.499 e. The van der Waals surface area contributed by atoms with E-state index in [0.29, 0.717) is 106 Å². The lowest BCUT2D eigenvalue weighted by Crippen LogP contribution is -2.39. The summed E-state index contributed by atoms with van der Waals surface area (Å²) in [7, 11) is 3.70. The summed E-state index contributed by atoms with van der Waals surface area (Å²) in [4.78, 5) is 26.5. The van der Waals surface area contributed by atoms with Crippen molar-refractivity contribution in [1.29, 1.82) is 0 Å². The fourth-order valence-corrected chi connectivity index (χ4v) is 11.6. The molecule has 3 rings (SSSR count). The van der Waals surface area contributed by atoms with Crippen LogP contribution in [0.2, 0.25) is 0 Å². The molecular weight excluding hydrogens is 987 g/mol. The average molecular weight is 1080 g/mol. The van der Waals surface area contributed by atoms with Crippen LogP contribution < -0.4 is 16.6 Å². The summed E-state index contributed by atoms with van der Waals surface area (Å²) in [5, 5.41) is 3.43. The fourth-order valence-electron chi connectivity index (χ4n) is 7.01. The zero-order valence-electron chi connectivity index (χ0n) is 43.8. The molecule has 0 radical (unpaired) electrons. The first-order chi connectivity index (χ1) is 34.4. The molecule has 7 unspecified atom stereocenters. The Balaban J connectivity index is 1.19. The van der Waals surface area contributed by atoms with Crippen molar-refractivity contribution in [3.8, 4) is 0 Å². The third kappa shape index (κ3) is 28.4. The lowest BCUT2D eigenvalue weighted by Gasteiger charge is -2.37. The summed E-state index contributed by atoms with van der Waals surface area (Å²) in [6.07, 6.45) is 5.29. The number of alkyl halides is 1. The Labute approximate surface area is 431 Å². The van der Waals surface area contributed by atoms with E-state index in [2.05, 4.69) is 56.5 Å². The number of hydrogen-bond donors (Lipinski definition) is 2. The highest BCUT2D eigenvalue weighted by atomic mass is 33.1. The minimum Gasteiger partial charge on any atom is -0.499 e. The quantitative estimate of drug-likeness (QED) is 0.0232. The maximum Gasteiger partial charge on any atom is 0.330 e. The number of nitrogens with zero attached hydrogens (tertiary/aromatic N) is 2. The number of aromatic amines is 1. The Morgan fingerprint density at radius 3 is 1.99 bits per heavy atom. The van der Waals surface area contributed by atoms with Gasteiger partial charge in [-0.1, -0.05) is 34.6 Å². The Hall–Kier alpha value is -1.28. The van der Waals surface area contributed by atoms with Crippen molar-refractivity contribution in [2.75, 3.05) is 132 Å². The van der Waals surface area contributed by atoms with Crippen molar-refractivity contribution in [3.05, 3.63) is 45.4 Å². The van der Waals surface area contributed by atoms with Crippen LogP contribution in [0.1, 0.15) is 93.2 Å². The molecule has 0 aliphatic carbocycles. The second kappa shape index (κ2) is 39.2. The predicted molar refractivity (Wildman–Crippen MR) is 277 cm³/mol. The van der Waals surface area contributed by atoms with Crippen molar-refractivity contribution < 1.29 is 65.5 Å². The third-order valence-corrected chi connectivity index (χ3v) is 16.3. The molecular formula is C48H88FN4O15PS2. The SMILES string of the molecule is CC/C=C/OCC1OC(n2ccc(=O)[nH]c2=O)C(F)C1OP(OCCCCSSC(C)(C)CCC1OC1NCCOCCOCCOCCCOCCOCCOCCOCCOC)N(C(C)C)C(C)C. The van der Waals surface area contributed by atoms with E-state index in [4.69, 9.17) is 61.2 Å². The van der Waals surface area contributed by atoms with Gasteiger partial charge in [0.2, 0.25) is 0 Å². The monoisotopic (exact) mass is 1070 g/mol. The van der Waals surface area contributed by atoms with Crippen LogP contribution in [0.5, 0.6) is 0 Å². The fraction of sp³-hybridized carbons (Fsp3) is 0.875. The van der Waals surface area contributed by atoms with Gasteiger partial charge >= 0.3 is 5.69 Å². The molecule has 0 saturated carbocycles. The second-order valence-corrected chi connectivity index (χ2v) is 22.5. The molecule has 1 aromatic rings. The molecule has 2 saturated heterocycles. The first-order valence-electron chi connectivity index (χ1n) is 25.4. The Morgan fingerprint density at radius 2 is 1.41 bits per heavy atom. The second-order valence-electron chi connectivity index (χ2n) is 17.9. The van der Waals surface area contributed by atoms with E-state index in [-0.39, 0.29) is 35.8 Å². The summed E-state index contributed by atoms with van der Waals surface area (Å²) < 4.78 is 93.9. The van der Waals surface area contributed by atoms with Gasteiger partial charge in [0.1, 0.15) is 25.0 Å². The number of unbranched alkanes of at least 4 members (excludes halogenated alkanes) is 1. The average Bonchev–Trinajstić information content (AvgIpc) is 4.02. The van der Waals surface area contributed by atoms with Gasteiger partial charge in [-0.2, -0.15) is 0 Å². The Morgan fingerprint density at radius 1 is 0.817 bits per heavy atom. The standard InChI is InChI=1S/C48H88FN4O15PS2/c1-9-10-19-64-37-41-44(43(49)46(67-41)52-18-15-42(54)51-47(52)55)68-69(53(38(2)3)39(4)5)65-22-11-12-36-70-71-48(6,7)16-14-40-45(66-40)50-17-23-59-28-31-61-29-26-57-20-13-21-58-27-30-62-34-35-63-33-32-60-25-24-56-8/h10,15,18-19,38-41,43-46,50H,9,11-14,16-17,20-37H2,1-8H3,(H,51,54,55)/b19-10+. The normalized spacial score (nSPS) is 20.9. The maximum atomic E-state index is 16.3. The number of hydrogen-bond acceptors (Lipinski definition) is 19. The first kappa shape index (κ1) is 64.0. The molecule has 7 atom stereocenters. The minimum absolute atomic E-state index is 0.00828. The van der Waals surface area contributed by atoms with E-state index >= 15 is 4.39 Å². The van der Waals surface area contributed by atoms with Gasteiger partial charge in [0.15, 0.2) is 12.4 Å². The van der Waals surface area contributed by atoms with Crippen LogP contribution in [0.4, 0.5) is 4.39 Å². The predicted octanol–water partition coefficient (Wildman–Crippen LogP) is 6.65. The van der Waals surface area contributed by atoms with E-state index in [9.17, 15) is 9.59 Å². The molecule has 0 amide bonds. The summed E-state index contributed by atoms with van der Waals surface area (Å²) in [5.41, 5.74) is -1.34. The van der Waals surface area contributed by atoms with Gasteiger partial charge in [-0.15, -0.1) is 0 Å². The topological polar surface area (TPSA) is 193 Å². The van der Waals surface area contributed by atoms with Crippen molar-refractivity contribution in [2.24, 2.45) is 0 Å². The van der Waals surface area contributed by atoms with Crippen molar-refractivity contribution in [1.82, 2.24) is 19.5 Å². The van der Waals surface area contributed by atoms with Crippen LogP contribution in [0.15, 0.2) is 34.2 Å². The Kier molecular flexibility index (Phi) is 35.3. The summed E-state index contributed by atoms with van der Waals surface area (Å²) in [6, 6.07) is 1.26. The van der Waals surface area contributed by atoms with Gasteiger partial charge in [0.25, 0.3) is 14.1 Å². The number of halogens is 1. The van der Waals surface area contributed by atoms with Crippen LogP contribution in [-0.2, 0) is 61.2 Å². The van der Waals surface area contributed by atoms with E-state index in [1.165, 1.54) is 6.20 Å². The highest BCUT2D eigenvalue weighted by Crippen LogP contribution is 2.50. The summed E-state index contributed by atoms with van der Waals surface area (Å²) >= 11 is 0. The number of ether oxygens (including phenoxy) is 11. The number of epoxide rings is 1. The minimum atomic E-state index is -1.74. The van der Waals surface area contributed by atoms with Gasteiger partial charge in [-0.3, -0.25) is 19.7 Å². The summed E-state index contributed by atoms with van der Waals surface area (Å²) in [5.74, 6) is 0.959. The van der Waals surface area contributed by atoms with E-state index in [1.807, 2.05) is 34.6 Å². The number of rotatable bonds is 47. The van der Waals surface area contributed by atoms with Crippen LogP contribution in [-0.4, -0.2) is 193 Å². The molecule has 3 heterocycles. The molecule has 23 heteroatoms. The maximum absolute atomic E-state index is 16.3. The van der Waals surface area contributed by atoms with Gasteiger partial charge < -0.3 is 61.2 Å². The number of aromatic nitrogens is 2. The third-order valence-electron chi connectivity index (χ3n) is 10.7. The van der Waals surface area contributed by atoms with Crippen molar-refractivity contribution in [3.63, 3.8) is 0 Å². The molecule has 2 fully saturated rings. The molecule has 1 aromatic heterocycles. The Bertz CT molecular complexity index is 1620. The van der Waals surface area contributed by atoms with Gasteiger partial charge in [-0.25, -0.2) is 13.9 Å². The lowest BCUT2D eigenvalue weighted by atomic mass is 10.1. The van der Waals surface area contributed by atoms with Crippen LogP contribution in [0.3, 0.4) is 0 Å². The molecule has 2 aliphatic heterocycles. The van der Waals surface area contributed by atoms with Crippen LogP contribution >= 0.6 is 30.1 Å².